The highest BCUT2D eigenvalue weighted by Gasteiger charge is 2.19. The number of ether oxygens (including phenoxy) is 1. The Balaban J connectivity index is 1.86. The summed E-state index contributed by atoms with van der Waals surface area (Å²) in [5, 5.41) is 0. The summed E-state index contributed by atoms with van der Waals surface area (Å²) >= 11 is 3.61. The van der Waals surface area contributed by atoms with E-state index >= 15 is 0 Å². The maximum atomic E-state index is 5.63. The molecule has 0 bridgehead atoms. The van der Waals surface area contributed by atoms with Gasteiger partial charge in [-0.2, -0.15) is 0 Å². The van der Waals surface area contributed by atoms with Crippen LogP contribution in [0.25, 0.3) is 0 Å². The summed E-state index contributed by atoms with van der Waals surface area (Å²) in [7, 11) is 1.75. The van der Waals surface area contributed by atoms with Gasteiger partial charge in [0.05, 0.1) is 13.7 Å². The van der Waals surface area contributed by atoms with Gasteiger partial charge in [0.25, 0.3) is 0 Å². The van der Waals surface area contributed by atoms with Crippen molar-refractivity contribution in [2.24, 2.45) is 4.99 Å². The molecule has 0 amide bonds. The van der Waals surface area contributed by atoms with Crippen molar-refractivity contribution in [3.8, 4) is 5.75 Å². The Kier molecular flexibility index (Phi) is 5.79. The van der Waals surface area contributed by atoms with Gasteiger partial charge < -0.3 is 9.64 Å². The fourth-order valence-corrected chi connectivity index (χ4v) is 4.17. The smallest absolute Gasteiger partial charge is 0.131 e. The largest absolute Gasteiger partial charge is 0.496 e. The molecule has 0 atom stereocenters. The van der Waals surface area contributed by atoms with E-state index in [0.29, 0.717) is 0 Å². The van der Waals surface area contributed by atoms with E-state index in [1.54, 1.807) is 7.11 Å². The maximum Gasteiger partial charge on any atom is 0.131 e. The molecule has 1 heterocycles. The third-order valence-corrected chi connectivity index (χ3v) is 5.21. The van der Waals surface area contributed by atoms with Crippen LogP contribution in [0.4, 0.5) is 0 Å². The summed E-state index contributed by atoms with van der Waals surface area (Å²) in [4.78, 5) is 7.11. The number of likely N-dealkylation sites (N-methyl/N-ethyl adjacent to an activating group) is 1. The van der Waals surface area contributed by atoms with Crippen LogP contribution in [0.3, 0.4) is 0 Å². The van der Waals surface area contributed by atoms with Crippen LogP contribution in [0.15, 0.2) is 45.9 Å². The summed E-state index contributed by atoms with van der Waals surface area (Å²) < 4.78 is 6.73. The van der Waals surface area contributed by atoms with Crippen LogP contribution in [0.2, 0.25) is 0 Å². The molecule has 0 radical (unpaired) electrons. The van der Waals surface area contributed by atoms with E-state index in [1.807, 2.05) is 0 Å². The number of halogens is 1. The van der Waals surface area contributed by atoms with E-state index in [0.717, 1.165) is 54.1 Å². The van der Waals surface area contributed by atoms with Crippen LogP contribution >= 0.6 is 15.9 Å². The molecule has 2 aromatic rings. The topological polar surface area (TPSA) is 24.8 Å². The quantitative estimate of drug-likeness (QED) is 0.705. The molecule has 0 N–H and O–H groups in total. The van der Waals surface area contributed by atoms with Crippen molar-refractivity contribution in [3.05, 3.63) is 63.1 Å². The van der Waals surface area contributed by atoms with Crippen molar-refractivity contribution in [1.29, 1.82) is 0 Å². The Morgan fingerprint density at radius 2 is 1.92 bits per heavy atom. The highest BCUT2D eigenvalue weighted by Crippen LogP contribution is 2.29. The highest BCUT2D eigenvalue weighted by molar-refractivity contribution is 9.10. The van der Waals surface area contributed by atoms with E-state index in [-0.39, 0.29) is 0 Å². The van der Waals surface area contributed by atoms with Crippen LogP contribution in [0, 0.1) is 6.92 Å². The van der Waals surface area contributed by atoms with Crippen LogP contribution in [0.1, 0.15) is 29.2 Å². The van der Waals surface area contributed by atoms with E-state index in [2.05, 4.69) is 71.1 Å². The summed E-state index contributed by atoms with van der Waals surface area (Å²) in [5.74, 6) is 2.14. The second kappa shape index (κ2) is 8.05. The fourth-order valence-electron chi connectivity index (χ4n) is 3.55. The average molecular weight is 401 g/mol. The zero-order chi connectivity index (χ0) is 17.8. The Morgan fingerprint density at radius 1 is 1.16 bits per heavy atom. The summed E-state index contributed by atoms with van der Waals surface area (Å²) in [6.07, 6.45) is 1.92. The standard InChI is InChI=1S/C21H25BrN2O/c1-4-24-12-11-23-21(24)19-8-6-5-7-16(19)9-10-17-14-18(22)13-15(2)20(17)25-3/h5-8,13-14H,4,9-12H2,1-3H3. The molecule has 0 aliphatic carbocycles. The average Bonchev–Trinajstić information content (AvgIpc) is 3.08. The molecule has 0 saturated carbocycles. The Hall–Kier alpha value is -1.81. The first-order valence-corrected chi connectivity index (χ1v) is 9.64. The predicted octanol–water partition coefficient (Wildman–Crippen LogP) is 4.63. The lowest BCUT2D eigenvalue weighted by atomic mass is 9.97. The van der Waals surface area contributed by atoms with Crippen LogP contribution in [-0.4, -0.2) is 37.5 Å². The first-order valence-electron chi connectivity index (χ1n) is 8.84. The molecule has 3 rings (SSSR count). The van der Waals surface area contributed by atoms with Gasteiger partial charge in [-0.3, -0.25) is 4.99 Å². The Bertz CT molecular complexity index is 785. The van der Waals surface area contributed by atoms with Gasteiger partial charge in [-0.05, 0) is 55.5 Å². The minimum atomic E-state index is 0.899. The lowest BCUT2D eigenvalue weighted by Crippen LogP contribution is -2.28. The third kappa shape index (κ3) is 3.90. The van der Waals surface area contributed by atoms with E-state index in [1.165, 1.54) is 16.7 Å². The van der Waals surface area contributed by atoms with Gasteiger partial charge in [0.2, 0.25) is 0 Å². The van der Waals surface area contributed by atoms with Crippen molar-refractivity contribution in [2.45, 2.75) is 26.7 Å². The zero-order valence-corrected chi connectivity index (χ0v) is 16.8. The van der Waals surface area contributed by atoms with Gasteiger partial charge in [0.15, 0.2) is 0 Å². The number of rotatable bonds is 6. The molecule has 0 aromatic heterocycles. The number of benzene rings is 2. The minimum absolute atomic E-state index is 0.899. The van der Waals surface area contributed by atoms with Crippen molar-refractivity contribution in [1.82, 2.24) is 4.90 Å². The highest BCUT2D eigenvalue weighted by atomic mass is 79.9. The fraction of sp³-hybridized carbons (Fsp3) is 0.381. The Morgan fingerprint density at radius 3 is 2.68 bits per heavy atom. The molecule has 0 fully saturated rings. The van der Waals surface area contributed by atoms with Gasteiger partial charge in [0, 0.05) is 23.1 Å². The van der Waals surface area contributed by atoms with Crippen LogP contribution < -0.4 is 4.74 Å². The normalized spacial score (nSPS) is 13.9. The number of methoxy groups -OCH3 is 1. The zero-order valence-electron chi connectivity index (χ0n) is 15.2. The molecule has 0 saturated heterocycles. The summed E-state index contributed by atoms with van der Waals surface area (Å²) in [6.45, 7) is 7.22. The van der Waals surface area contributed by atoms with Crippen LogP contribution in [-0.2, 0) is 12.8 Å². The molecule has 132 valence electrons. The Labute approximate surface area is 158 Å². The molecule has 1 aliphatic heterocycles. The number of amidine groups is 1. The molecule has 2 aromatic carbocycles. The monoisotopic (exact) mass is 400 g/mol. The summed E-state index contributed by atoms with van der Waals surface area (Å²) in [6, 6.07) is 12.9. The first kappa shape index (κ1) is 18.0. The number of nitrogens with zero attached hydrogens (tertiary/aromatic N) is 2. The van der Waals surface area contributed by atoms with Gasteiger partial charge in [-0.25, -0.2) is 0 Å². The van der Waals surface area contributed by atoms with Gasteiger partial charge >= 0.3 is 0 Å². The second-order valence-electron chi connectivity index (χ2n) is 6.36. The summed E-state index contributed by atoms with van der Waals surface area (Å²) in [5.41, 5.74) is 5.02. The molecule has 4 heteroatoms. The first-order chi connectivity index (χ1) is 12.1. The van der Waals surface area contributed by atoms with Gasteiger partial charge in [0.1, 0.15) is 11.6 Å². The molecule has 25 heavy (non-hydrogen) atoms. The lowest BCUT2D eigenvalue weighted by Gasteiger charge is -2.20. The molecule has 0 spiro atoms. The van der Waals surface area contributed by atoms with E-state index in [9.17, 15) is 0 Å². The third-order valence-electron chi connectivity index (χ3n) is 4.76. The van der Waals surface area contributed by atoms with Crippen molar-refractivity contribution < 1.29 is 4.74 Å². The number of aryl methyl sites for hydroxylation is 3. The van der Waals surface area contributed by atoms with Crippen LogP contribution in [0.5, 0.6) is 5.75 Å². The molecule has 0 unspecified atom stereocenters. The molecular weight excluding hydrogens is 376 g/mol. The predicted molar refractivity (Wildman–Crippen MR) is 108 cm³/mol. The number of aliphatic imine (C=N–C) groups is 1. The molecule has 3 nitrogen and oxygen atoms in total. The molecular formula is C21H25BrN2O. The van der Waals surface area contributed by atoms with Crippen molar-refractivity contribution in [2.75, 3.05) is 26.7 Å². The molecule has 1 aliphatic rings. The van der Waals surface area contributed by atoms with Gasteiger partial charge in [-0.15, -0.1) is 0 Å². The lowest BCUT2D eigenvalue weighted by molar-refractivity contribution is 0.406. The van der Waals surface area contributed by atoms with Crippen molar-refractivity contribution >= 4 is 21.8 Å². The van der Waals surface area contributed by atoms with E-state index < -0.39 is 0 Å². The number of hydrogen-bond donors (Lipinski definition) is 0. The number of hydrogen-bond acceptors (Lipinski definition) is 3. The second-order valence-corrected chi connectivity index (χ2v) is 7.27. The SMILES string of the molecule is CCN1CCN=C1c1ccccc1CCc1cc(Br)cc(C)c1OC. The van der Waals surface area contributed by atoms with Gasteiger partial charge in [-0.1, -0.05) is 40.2 Å². The van der Waals surface area contributed by atoms with Crippen molar-refractivity contribution in [3.63, 3.8) is 0 Å². The maximum absolute atomic E-state index is 5.63. The van der Waals surface area contributed by atoms with E-state index in [4.69, 9.17) is 9.73 Å². The minimum Gasteiger partial charge on any atom is -0.496 e.